The van der Waals surface area contributed by atoms with Crippen LogP contribution in [0.1, 0.15) is 17.3 Å². The van der Waals surface area contributed by atoms with Gasteiger partial charge < -0.3 is 24.3 Å². The van der Waals surface area contributed by atoms with Crippen molar-refractivity contribution in [3.05, 3.63) is 53.3 Å². The number of nitrogens with one attached hydrogen (secondary N) is 1. The molecule has 1 aliphatic rings. The molecule has 0 saturated carbocycles. The number of esters is 2. The van der Waals surface area contributed by atoms with Crippen molar-refractivity contribution in [1.29, 1.82) is 0 Å². The van der Waals surface area contributed by atoms with E-state index in [1.807, 2.05) is 30.3 Å². The summed E-state index contributed by atoms with van der Waals surface area (Å²) >= 11 is 1.19. The van der Waals surface area contributed by atoms with Crippen molar-refractivity contribution in [3.63, 3.8) is 0 Å². The maximum Gasteiger partial charge on any atom is 0.377 e. The summed E-state index contributed by atoms with van der Waals surface area (Å²) in [4.78, 5) is 36.6. The second-order valence-corrected chi connectivity index (χ2v) is 6.65. The maximum absolute atomic E-state index is 12.5. The van der Waals surface area contributed by atoms with Gasteiger partial charge >= 0.3 is 11.9 Å². The zero-order chi connectivity index (χ0) is 20.6. The predicted molar refractivity (Wildman–Crippen MR) is 105 cm³/mol. The lowest BCUT2D eigenvalue weighted by Crippen LogP contribution is -2.24. The normalized spacial score (nSPS) is 12.8. The number of carbonyl (C=O) groups excluding carboxylic acids is 3. The van der Waals surface area contributed by atoms with Crippen LogP contribution in [0, 0.1) is 0 Å². The third kappa shape index (κ3) is 5.14. The van der Waals surface area contributed by atoms with Crippen LogP contribution in [0.4, 0.5) is 5.00 Å². The summed E-state index contributed by atoms with van der Waals surface area (Å²) in [5.41, 5.74) is 1.73. The number of thiophene rings is 1. The molecule has 1 N–H and O–H groups in total. The van der Waals surface area contributed by atoms with Gasteiger partial charge in [-0.05, 0) is 12.5 Å². The number of benzene rings is 1. The number of ether oxygens (including phenoxy) is 4. The highest BCUT2D eigenvalue weighted by atomic mass is 32.1. The van der Waals surface area contributed by atoms with E-state index in [4.69, 9.17) is 18.9 Å². The third-order valence-corrected chi connectivity index (χ3v) is 4.69. The summed E-state index contributed by atoms with van der Waals surface area (Å²) in [5, 5.41) is 4.69. The standard InChI is InChI=1S/C20H19NO7S/c1-2-26-20(24)17-14(13-6-4-3-5-7-13)12-29-18(17)21-16(22)11-28-19(23)15-10-25-8-9-27-15/h3-7,10,12H,2,8-9,11H2,1H3,(H,21,22). The molecule has 0 radical (unpaired) electrons. The van der Waals surface area contributed by atoms with Crippen molar-refractivity contribution in [2.45, 2.75) is 6.92 Å². The molecule has 0 unspecified atom stereocenters. The minimum atomic E-state index is -0.804. The van der Waals surface area contributed by atoms with Crippen LogP contribution in [-0.4, -0.2) is 44.3 Å². The van der Waals surface area contributed by atoms with E-state index in [2.05, 4.69) is 5.32 Å². The van der Waals surface area contributed by atoms with E-state index in [9.17, 15) is 14.4 Å². The highest BCUT2D eigenvalue weighted by Gasteiger charge is 2.24. The molecular weight excluding hydrogens is 398 g/mol. The topological polar surface area (TPSA) is 100 Å². The first-order valence-electron chi connectivity index (χ1n) is 8.85. The van der Waals surface area contributed by atoms with Crippen LogP contribution in [0.5, 0.6) is 0 Å². The first-order chi connectivity index (χ1) is 14.1. The SMILES string of the molecule is CCOC(=O)c1c(-c2ccccc2)csc1NC(=O)COC(=O)C1=COCCO1. The van der Waals surface area contributed by atoms with E-state index < -0.39 is 24.5 Å². The van der Waals surface area contributed by atoms with Gasteiger partial charge in [0.15, 0.2) is 6.61 Å². The zero-order valence-corrected chi connectivity index (χ0v) is 16.5. The van der Waals surface area contributed by atoms with E-state index >= 15 is 0 Å². The number of carbonyl (C=O) groups is 3. The lowest BCUT2D eigenvalue weighted by Gasteiger charge is -2.14. The van der Waals surface area contributed by atoms with Crippen molar-refractivity contribution >= 4 is 34.2 Å². The molecule has 2 heterocycles. The number of amides is 1. The molecule has 0 fully saturated rings. The van der Waals surface area contributed by atoms with E-state index in [0.717, 1.165) is 11.8 Å². The second kappa shape index (κ2) is 9.74. The molecule has 1 aliphatic heterocycles. The van der Waals surface area contributed by atoms with Gasteiger partial charge in [-0.2, -0.15) is 0 Å². The van der Waals surface area contributed by atoms with Crippen molar-refractivity contribution in [2.24, 2.45) is 0 Å². The number of hydrogen-bond acceptors (Lipinski definition) is 8. The monoisotopic (exact) mass is 417 g/mol. The number of anilines is 1. The zero-order valence-electron chi connectivity index (χ0n) is 15.6. The molecule has 9 heteroatoms. The van der Waals surface area contributed by atoms with Gasteiger partial charge in [-0.15, -0.1) is 11.3 Å². The molecule has 1 aromatic heterocycles. The summed E-state index contributed by atoms with van der Waals surface area (Å²) in [7, 11) is 0. The molecule has 3 rings (SSSR count). The Morgan fingerprint density at radius 1 is 1.10 bits per heavy atom. The molecular formula is C20H19NO7S. The molecule has 0 atom stereocenters. The summed E-state index contributed by atoms with van der Waals surface area (Å²) in [6.45, 7) is 1.94. The fraction of sp³-hybridized carbons (Fsp3) is 0.250. The highest BCUT2D eigenvalue weighted by molar-refractivity contribution is 7.15. The van der Waals surface area contributed by atoms with Gasteiger partial charge in [0.1, 0.15) is 30.0 Å². The Bertz CT molecular complexity index is 920. The van der Waals surface area contributed by atoms with Crippen molar-refractivity contribution in [1.82, 2.24) is 0 Å². The van der Waals surface area contributed by atoms with Crippen LogP contribution in [0.15, 0.2) is 47.7 Å². The van der Waals surface area contributed by atoms with Gasteiger partial charge in [-0.25, -0.2) is 9.59 Å². The summed E-state index contributed by atoms with van der Waals surface area (Å²) < 4.78 is 20.1. The Morgan fingerprint density at radius 2 is 1.90 bits per heavy atom. The first-order valence-corrected chi connectivity index (χ1v) is 9.73. The molecule has 0 saturated heterocycles. The first kappa shape index (κ1) is 20.4. The van der Waals surface area contributed by atoms with E-state index in [1.165, 1.54) is 11.3 Å². The maximum atomic E-state index is 12.5. The highest BCUT2D eigenvalue weighted by Crippen LogP contribution is 2.36. The molecule has 0 aliphatic carbocycles. The lowest BCUT2D eigenvalue weighted by atomic mass is 10.0. The van der Waals surface area contributed by atoms with Crippen LogP contribution in [0.25, 0.3) is 11.1 Å². The minimum Gasteiger partial charge on any atom is -0.493 e. The summed E-state index contributed by atoms with van der Waals surface area (Å²) in [6, 6.07) is 9.29. The minimum absolute atomic E-state index is 0.0984. The number of rotatable bonds is 7. The number of hydrogen-bond donors (Lipinski definition) is 1. The fourth-order valence-corrected chi connectivity index (χ4v) is 3.50. The average molecular weight is 417 g/mol. The fourth-order valence-electron chi connectivity index (χ4n) is 2.53. The van der Waals surface area contributed by atoms with Crippen LogP contribution >= 0.6 is 11.3 Å². The van der Waals surface area contributed by atoms with Crippen LogP contribution < -0.4 is 5.32 Å². The molecule has 1 amide bonds. The quantitative estimate of drug-likeness (QED) is 0.691. The Hall–Kier alpha value is -3.33. The van der Waals surface area contributed by atoms with Crippen molar-refractivity contribution < 1.29 is 33.3 Å². The molecule has 152 valence electrons. The van der Waals surface area contributed by atoms with Crippen molar-refractivity contribution in [2.75, 3.05) is 31.7 Å². The Balaban J connectivity index is 1.71. The van der Waals surface area contributed by atoms with Gasteiger partial charge in [0.05, 0.1) is 6.61 Å². The van der Waals surface area contributed by atoms with Gasteiger partial charge in [-0.1, -0.05) is 30.3 Å². The molecule has 1 aromatic carbocycles. The van der Waals surface area contributed by atoms with E-state index in [1.54, 1.807) is 12.3 Å². The van der Waals surface area contributed by atoms with Crippen LogP contribution in [0.2, 0.25) is 0 Å². The van der Waals surface area contributed by atoms with Crippen molar-refractivity contribution in [3.8, 4) is 11.1 Å². The summed E-state index contributed by atoms with van der Waals surface area (Å²) in [5.74, 6) is -2.04. The van der Waals surface area contributed by atoms with Gasteiger partial charge in [0.25, 0.3) is 5.91 Å². The largest absolute Gasteiger partial charge is 0.493 e. The van der Waals surface area contributed by atoms with Gasteiger partial charge in [0, 0.05) is 10.9 Å². The predicted octanol–water partition coefficient (Wildman–Crippen LogP) is 2.96. The molecule has 29 heavy (non-hydrogen) atoms. The third-order valence-electron chi connectivity index (χ3n) is 3.79. The molecule has 0 bridgehead atoms. The summed E-state index contributed by atoms with van der Waals surface area (Å²) in [6.07, 6.45) is 1.15. The van der Waals surface area contributed by atoms with E-state index in [0.29, 0.717) is 17.2 Å². The van der Waals surface area contributed by atoms with Gasteiger partial charge in [0.2, 0.25) is 5.76 Å². The lowest BCUT2D eigenvalue weighted by molar-refractivity contribution is -0.148. The van der Waals surface area contributed by atoms with E-state index in [-0.39, 0.29) is 24.5 Å². The Labute approximate surface area is 171 Å². The Morgan fingerprint density at radius 3 is 2.59 bits per heavy atom. The molecule has 2 aromatic rings. The van der Waals surface area contributed by atoms with Gasteiger partial charge in [-0.3, -0.25) is 4.79 Å². The van der Waals surface area contributed by atoms with Crippen LogP contribution in [-0.2, 0) is 28.5 Å². The average Bonchev–Trinajstić information content (AvgIpc) is 3.17. The van der Waals surface area contributed by atoms with Crippen LogP contribution in [0.3, 0.4) is 0 Å². The molecule has 0 spiro atoms. The smallest absolute Gasteiger partial charge is 0.377 e. The second-order valence-electron chi connectivity index (χ2n) is 5.77. The Kier molecular flexibility index (Phi) is 6.85. The molecule has 8 nitrogen and oxygen atoms in total.